The molecule has 0 bridgehead atoms. The minimum atomic E-state index is -0.554. The average molecular weight is 401 g/mol. The molecule has 1 N–H and O–H groups in total. The van der Waals surface area contributed by atoms with Gasteiger partial charge >= 0.3 is 6.09 Å². The van der Waals surface area contributed by atoms with Crippen LogP contribution in [0.2, 0.25) is 0 Å². The van der Waals surface area contributed by atoms with Crippen molar-refractivity contribution in [2.75, 3.05) is 13.2 Å². The van der Waals surface area contributed by atoms with Crippen LogP contribution < -0.4 is 10.1 Å². The molecule has 2 aromatic rings. The molecule has 29 heavy (non-hydrogen) atoms. The molecule has 8 heteroatoms. The lowest BCUT2D eigenvalue weighted by atomic mass is 10.1. The number of hydrogen-bond acceptors (Lipinski definition) is 6. The standard InChI is InChI=1S/C21H24FN3O4/c1-21(2,3)28-20(26)24-12-15-10-16(29-25-15)13-27-19-7-5-4-6-17(19)18-9-8-14(22)11-23-18/h4-9,11,16H,10,12-13H2,1-3H3,(H,24,26). The van der Waals surface area contributed by atoms with E-state index in [2.05, 4.69) is 15.5 Å². The topological polar surface area (TPSA) is 82.0 Å². The van der Waals surface area contributed by atoms with Gasteiger partial charge in [-0.2, -0.15) is 0 Å². The molecule has 0 saturated heterocycles. The fourth-order valence-electron chi connectivity index (χ4n) is 2.69. The first-order valence-electron chi connectivity index (χ1n) is 9.32. The molecule has 0 fully saturated rings. The molecule has 1 aromatic carbocycles. The van der Waals surface area contributed by atoms with Gasteiger partial charge in [-0.25, -0.2) is 9.18 Å². The lowest BCUT2D eigenvalue weighted by molar-refractivity contribution is 0.0472. The van der Waals surface area contributed by atoms with Crippen molar-refractivity contribution in [2.24, 2.45) is 5.16 Å². The molecule has 1 aromatic heterocycles. The molecule has 2 heterocycles. The van der Waals surface area contributed by atoms with Gasteiger partial charge in [0.25, 0.3) is 0 Å². The molecule has 0 aliphatic carbocycles. The van der Waals surface area contributed by atoms with E-state index in [-0.39, 0.29) is 19.3 Å². The third-order valence-electron chi connectivity index (χ3n) is 3.94. The number of rotatable bonds is 6. The smallest absolute Gasteiger partial charge is 0.407 e. The van der Waals surface area contributed by atoms with Crippen LogP contribution in [0.4, 0.5) is 9.18 Å². The van der Waals surface area contributed by atoms with Crippen molar-refractivity contribution in [1.29, 1.82) is 0 Å². The van der Waals surface area contributed by atoms with Crippen molar-refractivity contribution in [2.45, 2.75) is 38.9 Å². The molecule has 1 amide bonds. The van der Waals surface area contributed by atoms with Crippen molar-refractivity contribution in [1.82, 2.24) is 10.3 Å². The Morgan fingerprint density at radius 2 is 2.07 bits per heavy atom. The zero-order chi connectivity index (χ0) is 20.9. The molecule has 3 rings (SSSR count). The maximum atomic E-state index is 13.1. The summed E-state index contributed by atoms with van der Waals surface area (Å²) in [6.07, 6.45) is 0.941. The predicted molar refractivity (Wildman–Crippen MR) is 106 cm³/mol. The lowest BCUT2D eigenvalue weighted by Crippen LogP contribution is -2.35. The van der Waals surface area contributed by atoms with E-state index >= 15 is 0 Å². The van der Waals surface area contributed by atoms with Crippen molar-refractivity contribution in [3.05, 3.63) is 48.4 Å². The summed E-state index contributed by atoms with van der Waals surface area (Å²) in [4.78, 5) is 21.2. The van der Waals surface area contributed by atoms with Gasteiger partial charge in [-0.05, 0) is 45.0 Å². The Labute approximate surface area is 168 Å². The zero-order valence-electron chi connectivity index (χ0n) is 16.6. The number of para-hydroxylation sites is 1. The molecule has 154 valence electrons. The van der Waals surface area contributed by atoms with Gasteiger partial charge in [0.1, 0.15) is 23.8 Å². The molecular weight excluding hydrogens is 377 g/mol. The van der Waals surface area contributed by atoms with Crippen molar-refractivity contribution >= 4 is 11.8 Å². The molecule has 7 nitrogen and oxygen atoms in total. The van der Waals surface area contributed by atoms with Crippen LogP contribution in [-0.4, -0.2) is 41.6 Å². The van der Waals surface area contributed by atoms with Gasteiger partial charge in [0.15, 0.2) is 6.10 Å². The van der Waals surface area contributed by atoms with Crippen LogP contribution in [0.1, 0.15) is 27.2 Å². The van der Waals surface area contributed by atoms with Gasteiger partial charge in [0.05, 0.1) is 24.1 Å². The highest BCUT2D eigenvalue weighted by Crippen LogP contribution is 2.29. The number of carbonyl (C=O) groups is 1. The first-order chi connectivity index (χ1) is 13.8. The average Bonchev–Trinajstić information content (AvgIpc) is 3.12. The Kier molecular flexibility index (Phi) is 6.31. The number of aromatic nitrogens is 1. The largest absolute Gasteiger partial charge is 0.489 e. The fraction of sp³-hybridized carbons (Fsp3) is 0.381. The normalized spacial score (nSPS) is 16.0. The lowest BCUT2D eigenvalue weighted by Gasteiger charge is -2.19. The second-order valence-electron chi connectivity index (χ2n) is 7.61. The van der Waals surface area contributed by atoms with Crippen molar-refractivity contribution in [3.63, 3.8) is 0 Å². The third-order valence-corrected chi connectivity index (χ3v) is 3.94. The number of benzene rings is 1. The summed E-state index contributed by atoms with van der Waals surface area (Å²) >= 11 is 0. The van der Waals surface area contributed by atoms with Crippen molar-refractivity contribution in [3.8, 4) is 17.0 Å². The fourth-order valence-corrected chi connectivity index (χ4v) is 2.69. The zero-order valence-corrected chi connectivity index (χ0v) is 16.6. The molecular formula is C21H24FN3O4. The number of halogens is 1. The van der Waals surface area contributed by atoms with Gasteiger partial charge in [-0.3, -0.25) is 4.98 Å². The summed E-state index contributed by atoms with van der Waals surface area (Å²) in [5.41, 5.74) is 1.53. The maximum absolute atomic E-state index is 13.1. The van der Waals surface area contributed by atoms with Crippen LogP contribution in [0.15, 0.2) is 47.8 Å². The number of oxime groups is 1. The molecule has 1 unspecified atom stereocenters. The Balaban J connectivity index is 1.50. The summed E-state index contributed by atoms with van der Waals surface area (Å²) in [6, 6.07) is 10.4. The molecule has 1 aliphatic rings. The summed E-state index contributed by atoms with van der Waals surface area (Å²) in [5, 5.41) is 6.66. The molecule has 0 spiro atoms. The number of nitrogens with zero attached hydrogens (tertiary/aromatic N) is 2. The van der Waals surface area contributed by atoms with Crippen LogP contribution >= 0.6 is 0 Å². The van der Waals surface area contributed by atoms with E-state index in [0.29, 0.717) is 23.6 Å². The molecule has 0 radical (unpaired) electrons. The monoisotopic (exact) mass is 401 g/mol. The number of carbonyl (C=O) groups excluding carboxylic acids is 1. The van der Waals surface area contributed by atoms with E-state index in [9.17, 15) is 9.18 Å². The van der Waals surface area contributed by atoms with Crippen LogP contribution in [0.25, 0.3) is 11.3 Å². The summed E-state index contributed by atoms with van der Waals surface area (Å²) in [7, 11) is 0. The Hall–Kier alpha value is -3.16. The highest BCUT2D eigenvalue weighted by Gasteiger charge is 2.23. The van der Waals surface area contributed by atoms with E-state index in [0.717, 1.165) is 5.56 Å². The van der Waals surface area contributed by atoms with Crippen molar-refractivity contribution < 1.29 is 23.5 Å². The Morgan fingerprint density at radius 3 is 2.79 bits per heavy atom. The number of amides is 1. The summed E-state index contributed by atoms with van der Waals surface area (Å²) in [6.45, 7) is 5.93. The SMILES string of the molecule is CC(C)(C)OC(=O)NCC1=NOC(COc2ccccc2-c2ccc(F)cn2)C1. The van der Waals surface area contributed by atoms with E-state index in [1.807, 2.05) is 24.3 Å². The first kappa shape index (κ1) is 20.6. The quantitative estimate of drug-likeness (QED) is 0.793. The first-order valence-corrected chi connectivity index (χ1v) is 9.32. The second kappa shape index (κ2) is 8.89. The molecule has 1 aliphatic heterocycles. The Bertz CT molecular complexity index is 878. The van der Waals surface area contributed by atoms with Crippen LogP contribution in [0.5, 0.6) is 5.75 Å². The van der Waals surface area contributed by atoms with Gasteiger partial charge in [0, 0.05) is 12.0 Å². The molecule has 0 saturated carbocycles. The van der Waals surface area contributed by atoms with Gasteiger partial charge < -0.3 is 19.6 Å². The number of alkyl carbamates (subject to hydrolysis) is 1. The van der Waals surface area contributed by atoms with Gasteiger partial charge in [-0.1, -0.05) is 17.3 Å². The predicted octanol–water partition coefficient (Wildman–Crippen LogP) is 3.94. The van der Waals surface area contributed by atoms with E-state index in [1.54, 1.807) is 26.8 Å². The number of ether oxygens (including phenoxy) is 2. The van der Waals surface area contributed by atoms with Gasteiger partial charge in [-0.15, -0.1) is 0 Å². The summed E-state index contributed by atoms with van der Waals surface area (Å²) < 4.78 is 24.2. The number of hydrogen-bond donors (Lipinski definition) is 1. The maximum Gasteiger partial charge on any atom is 0.407 e. The Morgan fingerprint density at radius 1 is 1.28 bits per heavy atom. The minimum Gasteiger partial charge on any atom is -0.489 e. The second-order valence-corrected chi connectivity index (χ2v) is 7.61. The van der Waals surface area contributed by atoms with E-state index in [4.69, 9.17) is 14.3 Å². The summed E-state index contributed by atoms with van der Waals surface area (Å²) in [5.74, 6) is 0.228. The van der Waals surface area contributed by atoms with Crippen LogP contribution in [0.3, 0.4) is 0 Å². The highest BCUT2D eigenvalue weighted by molar-refractivity contribution is 5.89. The minimum absolute atomic E-state index is 0.251. The van der Waals surface area contributed by atoms with Gasteiger partial charge in [0.2, 0.25) is 0 Å². The highest BCUT2D eigenvalue weighted by atomic mass is 19.1. The van der Waals surface area contributed by atoms with Crippen LogP contribution in [0, 0.1) is 5.82 Å². The number of nitrogens with one attached hydrogen (secondary N) is 1. The molecule has 1 atom stereocenters. The third kappa shape index (κ3) is 6.17. The van der Waals surface area contributed by atoms with E-state index < -0.39 is 17.5 Å². The van der Waals surface area contributed by atoms with E-state index in [1.165, 1.54) is 12.3 Å². The van der Waals surface area contributed by atoms with Crippen LogP contribution in [-0.2, 0) is 9.57 Å². The number of pyridine rings is 1.